The van der Waals surface area contributed by atoms with Crippen molar-refractivity contribution >= 4 is 5.97 Å². The molecule has 1 aromatic carbocycles. The highest BCUT2D eigenvalue weighted by Gasteiger charge is 2.14. The summed E-state index contributed by atoms with van der Waals surface area (Å²) >= 11 is 0. The van der Waals surface area contributed by atoms with Crippen LogP contribution in [0.2, 0.25) is 0 Å². The van der Waals surface area contributed by atoms with Crippen LogP contribution in [0.4, 0.5) is 4.39 Å². The zero-order valence-electron chi connectivity index (χ0n) is 14.1. The summed E-state index contributed by atoms with van der Waals surface area (Å²) in [5.74, 6) is 0.141. The Bertz CT molecular complexity index is 477. The lowest BCUT2D eigenvalue weighted by molar-refractivity contribution is 0.0459. The average Bonchev–Trinajstić information content (AvgIpc) is 2.58. The Morgan fingerprint density at radius 2 is 1.91 bits per heavy atom. The summed E-state index contributed by atoms with van der Waals surface area (Å²) in [4.78, 5) is 11.3. The van der Waals surface area contributed by atoms with Crippen molar-refractivity contribution in [3.8, 4) is 12.8 Å². The topological polar surface area (TPSA) is 26.3 Å². The molecule has 1 aliphatic carbocycles. The van der Waals surface area contributed by atoms with Crippen molar-refractivity contribution in [3.05, 3.63) is 48.0 Å². The number of rotatable bonds is 3. The Hall–Kier alpha value is -2.08. The molecule has 0 saturated heterocycles. The van der Waals surface area contributed by atoms with E-state index in [1.54, 1.807) is 12.1 Å². The van der Waals surface area contributed by atoms with Crippen LogP contribution in [0.1, 0.15) is 49.9 Å². The number of ether oxygens (including phenoxy) is 1. The first-order chi connectivity index (χ1) is 11.0. The molecule has 0 aromatic heterocycles. The number of hydrogen-bond acceptors (Lipinski definition) is 2. The van der Waals surface area contributed by atoms with Gasteiger partial charge in [-0.1, -0.05) is 38.6 Å². The van der Waals surface area contributed by atoms with Crippen LogP contribution in [0.3, 0.4) is 0 Å². The summed E-state index contributed by atoms with van der Waals surface area (Å²) in [5, 5.41) is 0. The van der Waals surface area contributed by atoms with E-state index in [0.717, 1.165) is 24.8 Å². The minimum atomic E-state index is -0.691. The van der Waals surface area contributed by atoms with Crippen LogP contribution in [-0.2, 0) is 4.74 Å². The third-order valence-electron chi connectivity index (χ3n) is 3.21. The smallest absolute Gasteiger partial charge is 0.338 e. The SMILES string of the molecule is C#C.C=C1CCCCC1F.CC(C)COC(=O)c1ccccc1. The zero-order valence-corrected chi connectivity index (χ0v) is 14.1. The van der Waals surface area contributed by atoms with Gasteiger partial charge < -0.3 is 4.74 Å². The Labute approximate surface area is 139 Å². The lowest BCUT2D eigenvalue weighted by Gasteiger charge is -2.16. The van der Waals surface area contributed by atoms with E-state index in [2.05, 4.69) is 19.4 Å². The number of alkyl halides is 1. The van der Waals surface area contributed by atoms with Gasteiger partial charge in [-0.15, -0.1) is 12.8 Å². The van der Waals surface area contributed by atoms with Crippen LogP contribution < -0.4 is 0 Å². The second kappa shape index (κ2) is 12.5. The van der Waals surface area contributed by atoms with Gasteiger partial charge in [0.05, 0.1) is 12.2 Å². The third-order valence-corrected chi connectivity index (χ3v) is 3.21. The van der Waals surface area contributed by atoms with Gasteiger partial charge in [0.2, 0.25) is 0 Å². The molecular weight excluding hydrogens is 291 g/mol. The maximum atomic E-state index is 12.5. The van der Waals surface area contributed by atoms with Gasteiger partial charge in [-0.2, -0.15) is 0 Å². The van der Waals surface area contributed by atoms with Crippen molar-refractivity contribution in [1.29, 1.82) is 0 Å². The molecule has 1 fully saturated rings. The minimum Gasteiger partial charge on any atom is -0.462 e. The monoisotopic (exact) mass is 318 g/mol. The van der Waals surface area contributed by atoms with Gasteiger partial charge >= 0.3 is 5.97 Å². The maximum absolute atomic E-state index is 12.5. The molecule has 0 bridgehead atoms. The number of terminal acetylenes is 1. The van der Waals surface area contributed by atoms with E-state index in [1.165, 1.54) is 0 Å². The Morgan fingerprint density at radius 3 is 2.35 bits per heavy atom. The van der Waals surface area contributed by atoms with E-state index < -0.39 is 6.17 Å². The van der Waals surface area contributed by atoms with Crippen LogP contribution in [0.15, 0.2) is 42.5 Å². The highest BCUT2D eigenvalue weighted by molar-refractivity contribution is 5.89. The highest BCUT2D eigenvalue weighted by atomic mass is 19.1. The fourth-order valence-electron chi connectivity index (χ4n) is 1.94. The number of carbonyl (C=O) groups excluding carboxylic acids is 1. The zero-order chi connectivity index (χ0) is 17.7. The summed E-state index contributed by atoms with van der Waals surface area (Å²) in [5.41, 5.74) is 1.42. The standard InChI is InChI=1S/C11H14O2.C7H11F.C2H2/c1-9(2)8-13-11(12)10-6-4-3-5-7-10;1-6-4-2-3-5-7(6)8;1-2/h3-7,9H,8H2,1-2H3;7H,1-5H2;1-2H. The maximum Gasteiger partial charge on any atom is 0.338 e. The summed E-state index contributed by atoms with van der Waals surface area (Å²) < 4.78 is 17.5. The van der Waals surface area contributed by atoms with Gasteiger partial charge in [-0.3, -0.25) is 0 Å². The Morgan fingerprint density at radius 1 is 1.30 bits per heavy atom. The molecule has 1 saturated carbocycles. The minimum absolute atomic E-state index is 0.241. The van der Waals surface area contributed by atoms with Crippen molar-refractivity contribution < 1.29 is 13.9 Å². The quantitative estimate of drug-likeness (QED) is 0.435. The summed E-state index contributed by atoms with van der Waals surface area (Å²) in [6.07, 6.45) is 11.1. The van der Waals surface area contributed by atoms with Gasteiger partial charge in [0, 0.05) is 0 Å². The largest absolute Gasteiger partial charge is 0.462 e. The number of allylic oxidation sites excluding steroid dienone is 1. The molecule has 0 radical (unpaired) electrons. The Balaban J connectivity index is 0.000000414. The first-order valence-corrected chi connectivity index (χ1v) is 7.88. The number of benzene rings is 1. The molecule has 0 N–H and O–H groups in total. The van der Waals surface area contributed by atoms with Gasteiger partial charge in [-0.05, 0) is 49.3 Å². The van der Waals surface area contributed by atoms with Crippen molar-refractivity contribution in [2.75, 3.05) is 6.61 Å². The van der Waals surface area contributed by atoms with Crippen LogP contribution >= 0.6 is 0 Å². The van der Waals surface area contributed by atoms with Crippen LogP contribution in [0, 0.1) is 18.8 Å². The molecule has 23 heavy (non-hydrogen) atoms. The van der Waals surface area contributed by atoms with E-state index in [4.69, 9.17) is 4.74 Å². The summed E-state index contributed by atoms with van der Waals surface area (Å²) in [7, 11) is 0. The Kier molecular flexibility index (Phi) is 11.3. The summed E-state index contributed by atoms with van der Waals surface area (Å²) in [6.45, 7) is 8.12. The predicted octanol–water partition coefficient (Wildman–Crippen LogP) is 5.20. The first kappa shape index (κ1) is 20.9. The number of esters is 1. The third kappa shape index (κ3) is 9.52. The molecule has 126 valence electrons. The lowest BCUT2D eigenvalue weighted by atomic mass is 9.95. The molecule has 1 aromatic rings. The molecule has 0 amide bonds. The normalized spacial score (nSPS) is 16.4. The molecule has 0 spiro atoms. The van der Waals surface area contributed by atoms with Gasteiger partial charge in [0.25, 0.3) is 0 Å². The molecule has 3 heteroatoms. The van der Waals surface area contributed by atoms with E-state index in [9.17, 15) is 9.18 Å². The van der Waals surface area contributed by atoms with Gasteiger partial charge in [0.15, 0.2) is 0 Å². The van der Waals surface area contributed by atoms with Crippen LogP contribution in [0.5, 0.6) is 0 Å². The van der Waals surface area contributed by atoms with Crippen molar-refractivity contribution in [2.24, 2.45) is 5.92 Å². The second-order valence-corrected chi connectivity index (χ2v) is 5.73. The molecule has 1 aliphatic rings. The molecule has 0 heterocycles. The average molecular weight is 318 g/mol. The second-order valence-electron chi connectivity index (χ2n) is 5.73. The van der Waals surface area contributed by atoms with Gasteiger partial charge in [0.1, 0.15) is 6.17 Å². The predicted molar refractivity (Wildman–Crippen MR) is 94.0 cm³/mol. The number of hydrogen-bond donors (Lipinski definition) is 0. The van der Waals surface area contributed by atoms with Gasteiger partial charge in [-0.25, -0.2) is 9.18 Å². The molecule has 2 nitrogen and oxygen atoms in total. The number of carbonyl (C=O) groups is 1. The summed E-state index contributed by atoms with van der Waals surface area (Å²) in [6, 6.07) is 9.03. The van der Waals surface area contributed by atoms with E-state index in [-0.39, 0.29) is 5.97 Å². The van der Waals surface area contributed by atoms with Crippen molar-refractivity contribution in [1.82, 2.24) is 0 Å². The molecular formula is C20H27FO2. The highest BCUT2D eigenvalue weighted by Crippen LogP contribution is 2.23. The molecule has 1 atom stereocenters. The molecule has 0 aliphatic heterocycles. The van der Waals surface area contributed by atoms with Crippen molar-refractivity contribution in [3.63, 3.8) is 0 Å². The van der Waals surface area contributed by atoms with Crippen LogP contribution in [0.25, 0.3) is 0 Å². The molecule has 2 rings (SSSR count). The van der Waals surface area contributed by atoms with E-state index in [0.29, 0.717) is 24.5 Å². The van der Waals surface area contributed by atoms with Crippen LogP contribution in [-0.4, -0.2) is 18.7 Å². The molecule has 1 unspecified atom stereocenters. The van der Waals surface area contributed by atoms with Crippen molar-refractivity contribution in [2.45, 2.75) is 45.7 Å². The fourth-order valence-corrected chi connectivity index (χ4v) is 1.94. The first-order valence-electron chi connectivity index (χ1n) is 7.88. The van der Waals surface area contributed by atoms with E-state index in [1.807, 2.05) is 32.0 Å². The fraction of sp³-hybridized carbons (Fsp3) is 0.450. The number of halogens is 1. The lowest BCUT2D eigenvalue weighted by Crippen LogP contribution is -2.09. The van der Waals surface area contributed by atoms with E-state index >= 15 is 0 Å².